The van der Waals surface area contributed by atoms with Gasteiger partial charge in [-0.1, -0.05) is 6.07 Å². The van der Waals surface area contributed by atoms with E-state index in [2.05, 4.69) is 39.1 Å². The molecule has 0 spiro atoms. The standard InChI is InChI=1S/C15H20N4S.HI/c16-15(19-7-9-20-10-8-19)18-5-3-12-1-2-14-13(11-12)4-6-17-14;/h1-2,4,6,11,17H,3,5,7-10H2,(H2,16,18);1H. The second-order valence-electron chi connectivity index (χ2n) is 4.99. The molecule has 0 amide bonds. The minimum absolute atomic E-state index is 0. The molecule has 0 saturated carbocycles. The number of thioether (sulfide) groups is 1. The van der Waals surface area contributed by atoms with Crippen LogP contribution in [0.3, 0.4) is 0 Å². The van der Waals surface area contributed by atoms with Gasteiger partial charge in [0.1, 0.15) is 0 Å². The number of nitrogens with one attached hydrogen (secondary N) is 1. The van der Waals surface area contributed by atoms with E-state index in [1.807, 2.05) is 18.0 Å². The summed E-state index contributed by atoms with van der Waals surface area (Å²) in [6, 6.07) is 8.60. The zero-order valence-corrected chi connectivity index (χ0v) is 15.1. The quantitative estimate of drug-likeness (QED) is 0.460. The number of aromatic amines is 1. The van der Waals surface area contributed by atoms with E-state index < -0.39 is 0 Å². The van der Waals surface area contributed by atoms with Crippen LogP contribution < -0.4 is 5.73 Å². The first-order chi connectivity index (χ1) is 9.83. The summed E-state index contributed by atoms with van der Waals surface area (Å²) in [4.78, 5) is 9.91. The number of aliphatic imine (C=N–C) groups is 1. The van der Waals surface area contributed by atoms with E-state index in [4.69, 9.17) is 5.73 Å². The van der Waals surface area contributed by atoms with Gasteiger partial charge in [0, 0.05) is 42.9 Å². The van der Waals surface area contributed by atoms with Crippen LogP contribution in [0.1, 0.15) is 5.56 Å². The number of halogens is 1. The van der Waals surface area contributed by atoms with Gasteiger partial charge in [-0.15, -0.1) is 24.0 Å². The van der Waals surface area contributed by atoms with E-state index in [0.717, 1.165) is 37.6 Å². The Kier molecular flexibility index (Phi) is 6.22. The van der Waals surface area contributed by atoms with Crippen molar-refractivity contribution in [3.63, 3.8) is 0 Å². The molecule has 0 aliphatic carbocycles. The molecule has 1 aromatic carbocycles. The van der Waals surface area contributed by atoms with Gasteiger partial charge in [-0.2, -0.15) is 11.8 Å². The van der Waals surface area contributed by atoms with Crippen molar-refractivity contribution in [2.45, 2.75) is 6.42 Å². The predicted octanol–water partition coefficient (Wildman–Crippen LogP) is 2.69. The molecule has 1 saturated heterocycles. The molecule has 1 aliphatic rings. The maximum Gasteiger partial charge on any atom is 0.191 e. The Morgan fingerprint density at radius 2 is 2.10 bits per heavy atom. The van der Waals surface area contributed by atoms with Gasteiger partial charge >= 0.3 is 0 Å². The number of rotatable bonds is 3. The molecule has 0 unspecified atom stereocenters. The fraction of sp³-hybridized carbons (Fsp3) is 0.400. The molecular weight excluding hydrogens is 395 g/mol. The Morgan fingerprint density at radius 3 is 2.90 bits per heavy atom. The number of hydrogen-bond donors (Lipinski definition) is 2. The molecule has 6 heteroatoms. The number of H-pyrrole nitrogens is 1. The molecule has 0 radical (unpaired) electrons. The van der Waals surface area contributed by atoms with Crippen LogP contribution in [0.25, 0.3) is 10.9 Å². The van der Waals surface area contributed by atoms with Crippen molar-refractivity contribution >= 4 is 52.6 Å². The van der Waals surface area contributed by atoms with Gasteiger partial charge < -0.3 is 15.6 Å². The monoisotopic (exact) mass is 416 g/mol. The average molecular weight is 416 g/mol. The van der Waals surface area contributed by atoms with Crippen LogP contribution in [0.2, 0.25) is 0 Å². The predicted molar refractivity (Wildman–Crippen MR) is 103 cm³/mol. The summed E-state index contributed by atoms with van der Waals surface area (Å²) in [5.74, 6) is 3.01. The highest BCUT2D eigenvalue weighted by Gasteiger charge is 2.11. The SMILES string of the molecule is I.NC(=NCCc1ccc2[nH]ccc2c1)N1CCSCC1. The molecule has 1 fully saturated rings. The Bertz CT molecular complexity index is 604. The second-order valence-corrected chi connectivity index (χ2v) is 6.21. The Labute approximate surface area is 146 Å². The highest BCUT2D eigenvalue weighted by molar-refractivity contribution is 14.0. The molecule has 1 aliphatic heterocycles. The lowest BCUT2D eigenvalue weighted by Crippen LogP contribution is -2.42. The third kappa shape index (κ3) is 4.29. The van der Waals surface area contributed by atoms with Gasteiger partial charge in [0.25, 0.3) is 0 Å². The van der Waals surface area contributed by atoms with E-state index in [1.54, 1.807) is 0 Å². The zero-order valence-electron chi connectivity index (χ0n) is 11.9. The molecule has 3 N–H and O–H groups in total. The van der Waals surface area contributed by atoms with Crippen molar-refractivity contribution in [1.82, 2.24) is 9.88 Å². The van der Waals surface area contributed by atoms with Crippen molar-refractivity contribution in [3.05, 3.63) is 36.0 Å². The summed E-state index contributed by atoms with van der Waals surface area (Å²) in [5, 5.41) is 1.26. The summed E-state index contributed by atoms with van der Waals surface area (Å²) in [6.07, 6.45) is 2.91. The van der Waals surface area contributed by atoms with E-state index in [1.165, 1.54) is 16.5 Å². The molecule has 2 heterocycles. The van der Waals surface area contributed by atoms with Crippen LogP contribution in [0.5, 0.6) is 0 Å². The largest absolute Gasteiger partial charge is 0.370 e. The lowest BCUT2D eigenvalue weighted by Gasteiger charge is -2.27. The van der Waals surface area contributed by atoms with Gasteiger partial charge in [0.05, 0.1) is 0 Å². The van der Waals surface area contributed by atoms with Crippen molar-refractivity contribution in [1.29, 1.82) is 0 Å². The number of aromatic nitrogens is 1. The summed E-state index contributed by atoms with van der Waals surface area (Å²) < 4.78 is 0. The van der Waals surface area contributed by atoms with Crippen LogP contribution in [-0.4, -0.2) is 47.0 Å². The average Bonchev–Trinajstić information content (AvgIpc) is 2.95. The molecular formula is C15H21IN4S. The maximum atomic E-state index is 6.05. The van der Waals surface area contributed by atoms with Crippen LogP contribution >= 0.6 is 35.7 Å². The number of hydrogen-bond acceptors (Lipinski definition) is 2. The summed E-state index contributed by atoms with van der Waals surface area (Å²) in [6.45, 7) is 2.80. The van der Waals surface area contributed by atoms with E-state index in [9.17, 15) is 0 Å². The Hall–Kier alpha value is -0.890. The minimum atomic E-state index is 0. The molecule has 0 bridgehead atoms. The van der Waals surface area contributed by atoms with Crippen molar-refractivity contribution in [2.75, 3.05) is 31.1 Å². The molecule has 0 atom stereocenters. The van der Waals surface area contributed by atoms with Crippen LogP contribution in [-0.2, 0) is 6.42 Å². The van der Waals surface area contributed by atoms with Crippen molar-refractivity contribution < 1.29 is 0 Å². The maximum absolute atomic E-state index is 6.05. The molecule has 21 heavy (non-hydrogen) atoms. The van der Waals surface area contributed by atoms with Crippen LogP contribution in [0.15, 0.2) is 35.5 Å². The topological polar surface area (TPSA) is 57.4 Å². The Morgan fingerprint density at radius 1 is 1.29 bits per heavy atom. The fourth-order valence-corrected chi connectivity index (χ4v) is 3.35. The van der Waals surface area contributed by atoms with Crippen molar-refractivity contribution in [3.8, 4) is 0 Å². The molecule has 2 aromatic rings. The van der Waals surface area contributed by atoms with Gasteiger partial charge in [-0.25, -0.2) is 0 Å². The number of nitrogens with two attached hydrogens (primary N) is 1. The third-order valence-corrected chi connectivity index (χ3v) is 4.57. The van der Waals surface area contributed by atoms with Gasteiger partial charge in [0.15, 0.2) is 5.96 Å². The van der Waals surface area contributed by atoms with Crippen LogP contribution in [0, 0.1) is 0 Å². The first kappa shape index (κ1) is 16.5. The molecule has 114 valence electrons. The Balaban J connectivity index is 0.00000161. The van der Waals surface area contributed by atoms with E-state index in [0.29, 0.717) is 5.96 Å². The number of benzene rings is 1. The highest BCUT2D eigenvalue weighted by atomic mass is 127. The lowest BCUT2D eigenvalue weighted by atomic mass is 10.1. The van der Waals surface area contributed by atoms with Crippen LogP contribution in [0.4, 0.5) is 0 Å². The highest BCUT2D eigenvalue weighted by Crippen LogP contribution is 2.14. The molecule has 4 nitrogen and oxygen atoms in total. The number of guanidine groups is 1. The summed E-state index contributed by atoms with van der Waals surface area (Å²) >= 11 is 1.98. The third-order valence-electron chi connectivity index (χ3n) is 3.63. The minimum Gasteiger partial charge on any atom is -0.370 e. The second kappa shape index (κ2) is 7.93. The lowest BCUT2D eigenvalue weighted by molar-refractivity contribution is 0.456. The number of nitrogens with zero attached hydrogens (tertiary/aromatic N) is 2. The van der Waals surface area contributed by atoms with Crippen molar-refractivity contribution in [2.24, 2.45) is 10.7 Å². The normalized spacial score (nSPS) is 16.0. The van der Waals surface area contributed by atoms with Gasteiger partial charge in [-0.3, -0.25) is 4.99 Å². The van der Waals surface area contributed by atoms with Gasteiger partial charge in [-0.05, 0) is 35.6 Å². The zero-order chi connectivity index (χ0) is 13.8. The van der Waals surface area contributed by atoms with Gasteiger partial charge in [0.2, 0.25) is 0 Å². The first-order valence-corrected chi connectivity index (χ1v) is 8.17. The molecule has 1 aromatic heterocycles. The number of fused-ring (bicyclic) bond motifs is 1. The smallest absolute Gasteiger partial charge is 0.191 e. The van der Waals surface area contributed by atoms with E-state index >= 15 is 0 Å². The fourth-order valence-electron chi connectivity index (χ4n) is 2.45. The summed E-state index contributed by atoms with van der Waals surface area (Å²) in [5.41, 5.74) is 8.54. The molecule has 3 rings (SSSR count). The summed E-state index contributed by atoms with van der Waals surface area (Å²) in [7, 11) is 0. The van der Waals surface area contributed by atoms with E-state index in [-0.39, 0.29) is 24.0 Å². The first-order valence-electron chi connectivity index (χ1n) is 7.01.